The Morgan fingerprint density at radius 1 is 0.329 bits per heavy atom. The monoisotopic (exact) mass is 1180 g/mol. The molecule has 2 atom stereocenters. The van der Waals surface area contributed by atoms with Crippen LogP contribution in [-0.2, 0) is 32.7 Å². The highest BCUT2D eigenvalue weighted by Crippen LogP contribution is 2.43. The molecular formula is C72H145NO8P+. The molecule has 0 aromatic rings. The van der Waals surface area contributed by atoms with Crippen LogP contribution in [0.5, 0.6) is 0 Å². The SMILES string of the molecule is CCCCCCCCCCCCCCCCCCCCCCCCCCCCCCCC(=O)OC[C@H](COP(=O)(O)OCC[N+](C)(C)C)OC(=O)CCCCCCCCCCCCCCCCCCCCCCCCCCCCCCC. The molecule has 0 heterocycles. The molecule has 0 saturated carbocycles. The third-order valence-electron chi connectivity index (χ3n) is 17.1. The molecule has 82 heavy (non-hydrogen) atoms. The first kappa shape index (κ1) is 81.0. The highest BCUT2D eigenvalue weighted by atomic mass is 31.2. The summed E-state index contributed by atoms with van der Waals surface area (Å²) in [5.74, 6) is -0.766. The molecule has 10 heteroatoms. The molecule has 0 aliphatic carbocycles. The number of ether oxygens (including phenoxy) is 2. The lowest BCUT2D eigenvalue weighted by atomic mass is 10.0. The maximum Gasteiger partial charge on any atom is 0.472 e. The van der Waals surface area contributed by atoms with E-state index >= 15 is 0 Å². The van der Waals surface area contributed by atoms with Crippen molar-refractivity contribution in [1.29, 1.82) is 0 Å². The number of esters is 2. The van der Waals surface area contributed by atoms with Gasteiger partial charge in [0, 0.05) is 12.8 Å². The van der Waals surface area contributed by atoms with E-state index in [4.69, 9.17) is 18.5 Å². The first-order chi connectivity index (χ1) is 40.0. The Kier molecular flexibility index (Phi) is 63.7. The van der Waals surface area contributed by atoms with Crippen LogP contribution in [0.3, 0.4) is 0 Å². The quantitative estimate of drug-likeness (QED) is 0.0278. The molecule has 0 radical (unpaired) electrons. The second-order valence-corrected chi connectivity index (χ2v) is 28.2. The fourth-order valence-corrected chi connectivity index (χ4v) is 12.2. The van der Waals surface area contributed by atoms with Gasteiger partial charge in [0.05, 0.1) is 27.7 Å². The van der Waals surface area contributed by atoms with Gasteiger partial charge in [0.1, 0.15) is 19.8 Å². The zero-order chi connectivity index (χ0) is 59.8. The summed E-state index contributed by atoms with van der Waals surface area (Å²) in [6.07, 6.45) is 78.0. The lowest BCUT2D eigenvalue weighted by molar-refractivity contribution is -0.870. The van der Waals surface area contributed by atoms with Gasteiger partial charge in [-0.15, -0.1) is 0 Å². The fraction of sp³-hybridized carbons (Fsp3) is 0.972. The van der Waals surface area contributed by atoms with E-state index in [1.165, 1.54) is 334 Å². The topological polar surface area (TPSA) is 108 Å². The van der Waals surface area contributed by atoms with Gasteiger partial charge in [0.2, 0.25) is 0 Å². The van der Waals surface area contributed by atoms with Crippen LogP contribution in [0.25, 0.3) is 0 Å². The minimum atomic E-state index is -4.39. The van der Waals surface area contributed by atoms with Gasteiger partial charge in [-0.2, -0.15) is 0 Å². The molecule has 0 spiro atoms. The number of nitrogens with zero attached hydrogens (tertiary/aromatic N) is 1. The van der Waals surface area contributed by atoms with Crippen LogP contribution in [-0.4, -0.2) is 74.9 Å². The van der Waals surface area contributed by atoms with Crippen molar-refractivity contribution in [2.75, 3.05) is 47.5 Å². The average molecular weight is 1180 g/mol. The largest absolute Gasteiger partial charge is 0.472 e. The van der Waals surface area contributed by atoms with Gasteiger partial charge >= 0.3 is 19.8 Å². The normalized spacial score (nSPS) is 13.0. The smallest absolute Gasteiger partial charge is 0.462 e. The number of quaternary nitrogens is 1. The summed E-state index contributed by atoms with van der Waals surface area (Å²) in [7, 11) is 1.51. The standard InChI is InChI=1S/C72H144NO8P/c1-6-8-10-12-14-16-18-20-22-24-26-28-30-32-34-36-38-40-42-44-46-48-50-52-54-56-58-60-62-64-71(74)78-68-70(69-80-82(76,77)79-67-66-73(3,4)5)81-72(75)65-63-61-59-57-55-53-51-49-47-45-43-41-39-37-35-33-31-29-27-25-23-21-19-17-15-13-11-9-7-2/h70H,6-69H2,1-5H3/p+1/t70-/m1/s1. The Bertz CT molecular complexity index is 1340. The van der Waals surface area contributed by atoms with Crippen molar-refractivity contribution in [3.05, 3.63) is 0 Å². The first-order valence-corrected chi connectivity index (χ1v) is 38.3. The summed E-state index contributed by atoms with van der Waals surface area (Å²) in [6, 6.07) is 0. The van der Waals surface area contributed by atoms with Crippen LogP contribution in [0.1, 0.15) is 399 Å². The summed E-state index contributed by atoms with van der Waals surface area (Å²) < 4.78 is 34.8. The number of hydrogen-bond donors (Lipinski definition) is 1. The highest BCUT2D eigenvalue weighted by Gasteiger charge is 2.27. The van der Waals surface area contributed by atoms with E-state index in [1.54, 1.807) is 0 Å². The van der Waals surface area contributed by atoms with Crippen molar-refractivity contribution in [1.82, 2.24) is 0 Å². The van der Waals surface area contributed by atoms with Crippen LogP contribution < -0.4 is 0 Å². The summed E-state index contributed by atoms with van der Waals surface area (Å²) in [6.45, 7) is 4.54. The Morgan fingerprint density at radius 2 is 0.549 bits per heavy atom. The van der Waals surface area contributed by atoms with Crippen molar-refractivity contribution in [2.45, 2.75) is 405 Å². The zero-order valence-corrected chi connectivity index (χ0v) is 56.9. The number of carbonyl (C=O) groups is 2. The molecule has 0 aromatic carbocycles. The maximum atomic E-state index is 12.9. The van der Waals surface area contributed by atoms with Gasteiger partial charge in [-0.3, -0.25) is 18.6 Å². The molecule has 0 aliphatic rings. The lowest BCUT2D eigenvalue weighted by Crippen LogP contribution is -2.37. The molecule has 0 amide bonds. The van der Waals surface area contributed by atoms with E-state index in [2.05, 4.69) is 13.8 Å². The second-order valence-electron chi connectivity index (χ2n) is 26.7. The molecule has 0 aromatic heterocycles. The number of phosphoric ester groups is 1. The average Bonchev–Trinajstić information content (AvgIpc) is 3.44. The Labute approximate surface area is 512 Å². The van der Waals surface area contributed by atoms with Crippen LogP contribution >= 0.6 is 7.82 Å². The Balaban J connectivity index is 3.94. The highest BCUT2D eigenvalue weighted by molar-refractivity contribution is 7.47. The summed E-state index contributed by atoms with van der Waals surface area (Å²) in [4.78, 5) is 35.9. The van der Waals surface area contributed by atoms with Gasteiger partial charge in [0.25, 0.3) is 0 Å². The van der Waals surface area contributed by atoms with Gasteiger partial charge in [0.15, 0.2) is 6.10 Å². The van der Waals surface area contributed by atoms with Crippen molar-refractivity contribution >= 4 is 19.8 Å². The van der Waals surface area contributed by atoms with Gasteiger partial charge < -0.3 is 18.9 Å². The molecule has 0 aliphatic heterocycles. The van der Waals surface area contributed by atoms with Crippen LogP contribution in [0.4, 0.5) is 0 Å². The number of rotatable bonds is 70. The molecule has 0 saturated heterocycles. The van der Waals surface area contributed by atoms with Crippen LogP contribution in [0.15, 0.2) is 0 Å². The van der Waals surface area contributed by atoms with E-state index in [-0.39, 0.29) is 25.6 Å². The predicted molar refractivity (Wildman–Crippen MR) is 354 cm³/mol. The third-order valence-corrected chi connectivity index (χ3v) is 18.1. The van der Waals surface area contributed by atoms with Crippen LogP contribution in [0, 0.1) is 0 Å². The predicted octanol–water partition coefficient (Wildman–Crippen LogP) is 23.7. The van der Waals surface area contributed by atoms with Gasteiger partial charge in [-0.25, -0.2) is 4.57 Å². The number of likely N-dealkylation sites (N-methyl/N-ethyl adjacent to an activating group) is 1. The van der Waals surface area contributed by atoms with E-state index in [0.29, 0.717) is 17.4 Å². The molecule has 490 valence electrons. The minimum Gasteiger partial charge on any atom is -0.462 e. The number of carbonyl (C=O) groups excluding carboxylic acids is 2. The molecule has 9 nitrogen and oxygen atoms in total. The summed E-state index contributed by atoms with van der Waals surface area (Å²) in [5.41, 5.74) is 0. The lowest BCUT2D eigenvalue weighted by Gasteiger charge is -2.24. The molecule has 0 bridgehead atoms. The van der Waals surface area contributed by atoms with Crippen molar-refractivity contribution in [3.63, 3.8) is 0 Å². The maximum absolute atomic E-state index is 12.9. The molecular weight excluding hydrogens is 1040 g/mol. The van der Waals surface area contributed by atoms with Crippen molar-refractivity contribution in [3.8, 4) is 0 Å². The van der Waals surface area contributed by atoms with Gasteiger partial charge in [-0.1, -0.05) is 373 Å². The molecule has 1 unspecified atom stereocenters. The summed E-state index contributed by atoms with van der Waals surface area (Å²) in [5, 5.41) is 0. The second kappa shape index (κ2) is 64.5. The van der Waals surface area contributed by atoms with E-state index in [9.17, 15) is 19.0 Å². The number of unbranched alkanes of at least 4 members (excludes halogenated alkanes) is 56. The number of phosphoric acid groups is 1. The van der Waals surface area contributed by atoms with Crippen molar-refractivity contribution < 1.29 is 42.1 Å². The first-order valence-electron chi connectivity index (χ1n) is 36.8. The van der Waals surface area contributed by atoms with E-state index in [1.807, 2.05) is 21.1 Å². The summed E-state index contributed by atoms with van der Waals surface area (Å²) >= 11 is 0. The van der Waals surface area contributed by atoms with Crippen molar-refractivity contribution in [2.24, 2.45) is 0 Å². The zero-order valence-electron chi connectivity index (χ0n) is 56.0. The Hall–Kier alpha value is -0.990. The fourth-order valence-electron chi connectivity index (χ4n) is 11.5. The van der Waals surface area contributed by atoms with Gasteiger partial charge in [-0.05, 0) is 12.8 Å². The number of hydrogen-bond acceptors (Lipinski definition) is 7. The molecule has 0 rings (SSSR count). The van der Waals surface area contributed by atoms with Crippen LogP contribution in [0.2, 0.25) is 0 Å². The minimum absolute atomic E-state index is 0.0378. The van der Waals surface area contributed by atoms with E-state index < -0.39 is 26.5 Å². The molecule has 1 N–H and O–H groups in total. The molecule has 0 fully saturated rings. The van der Waals surface area contributed by atoms with E-state index in [0.717, 1.165) is 38.5 Å². The Morgan fingerprint density at radius 3 is 0.780 bits per heavy atom. The third kappa shape index (κ3) is 68.1.